The molecule has 5 aliphatic rings. The van der Waals surface area contributed by atoms with Crippen molar-refractivity contribution in [2.45, 2.75) is 106 Å². The molecule has 3 N–H and O–H groups in total. The Balaban J connectivity index is 1.26. The van der Waals surface area contributed by atoms with Crippen LogP contribution in [0.15, 0.2) is 36.9 Å². The van der Waals surface area contributed by atoms with E-state index in [0.29, 0.717) is 32.1 Å². The van der Waals surface area contributed by atoms with E-state index in [9.17, 15) is 41.2 Å². The van der Waals surface area contributed by atoms with Crippen LogP contribution in [0.25, 0.3) is 6.08 Å². The molecule has 1 saturated heterocycles. The Morgan fingerprint density at radius 3 is 2.64 bits per heavy atom. The zero-order valence-electron chi connectivity index (χ0n) is 27.4. The first-order valence-electron chi connectivity index (χ1n) is 16.9. The number of amides is 5. The van der Waals surface area contributed by atoms with E-state index >= 15 is 0 Å². The van der Waals surface area contributed by atoms with Crippen LogP contribution in [-0.4, -0.2) is 89.9 Å². The Bertz CT molecular complexity index is 1720. The van der Waals surface area contributed by atoms with Gasteiger partial charge in [-0.2, -0.15) is 0 Å². The molecule has 6 rings (SSSR count). The van der Waals surface area contributed by atoms with Crippen molar-refractivity contribution in [3.63, 3.8) is 0 Å². The summed E-state index contributed by atoms with van der Waals surface area (Å²) < 4.78 is 60.5. The summed E-state index contributed by atoms with van der Waals surface area (Å²) >= 11 is 0. The predicted octanol–water partition coefficient (Wildman–Crippen LogP) is 2.50. The van der Waals surface area contributed by atoms with Gasteiger partial charge in [0.15, 0.2) is 0 Å². The number of benzene rings is 1. The van der Waals surface area contributed by atoms with Crippen LogP contribution in [0, 0.1) is 5.92 Å². The van der Waals surface area contributed by atoms with Crippen LogP contribution in [-0.2, 0) is 47.0 Å². The van der Waals surface area contributed by atoms with E-state index in [1.54, 1.807) is 0 Å². The van der Waals surface area contributed by atoms with Crippen LogP contribution in [0.3, 0.4) is 0 Å². The third-order valence-electron chi connectivity index (χ3n) is 10.0. The maximum absolute atomic E-state index is 14.0. The van der Waals surface area contributed by atoms with Gasteiger partial charge in [0.25, 0.3) is 5.91 Å². The van der Waals surface area contributed by atoms with E-state index in [2.05, 4.69) is 21.9 Å². The molecule has 3 fully saturated rings. The molecule has 5 amide bonds. The molecule has 2 aliphatic carbocycles. The van der Waals surface area contributed by atoms with Gasteiger partial charge in [0.2, 0.25) is 34.2 Å². The van der Waals surface area contributed by atoms with Crippen molar-refractivity contribution in [1.29, 1.82) is 0 Å². The van der Waals surface area contributed by atoms with Crippen molar-refractivity contribution in [3.8, 4) is 0 Å². The number of rotatable bonds is 8. The molecule has 0 unspecified atom stereocenters. The van der Waals surface area contributed by atoms with Crippen molar-refractivity contribution < 1.29 is 45.9 Å². The predicted molar refractivity (Wildman–Crippen MR) is 175 cm³/mol. The van der Waals surface area contributed by atoms with E-state index < -0.39 is 87.5 Å². The fourth-order valence-corrected chi connectivity index (χ4v) is 8.33. The first-order valence-corrected chi connectivity index (χ1v) is 18.5. The highest BCUT2D eigenvalue weighted by atomic mass is 32.2. The minimum Gasteiger partial charge on any atom is -0.444 e. The zero-order valence-corrected chi connectivity index (χ0v) is 28.3. The van der Waals surface area contributed by atoms with Crippen molar-refractivity contribution in [2.24, 2.45) is 5.92 Å². The SMILES string of the molecule is C=C[C@H]1C[C@]1(NC(=O)[C@@H]1C[C@@H]2CN1C(=O)[C@H](CC(F)F)NC(=O)CCCC/C=C/c1cccc3c1CN(C3)C(=O)O2)C(=O)NS(=O)(=O)C1CC1. The van der Waals surface area contributed by atoms with Gasteiger partial charge in [0.1, 0.15) is 23.7 Å². The lowest BCUT2D eigenvalue weighted by Crippen LogP contribution is -2.58. The summed E-state index contributed by atoms with van der Waals surface area (Å²) in [5, 5.41) is 4.32. The average molecular weight is 718 g/mol. The van der Waals surface area contributed by atoms with E-state index in [4.69, 9.17) is 4.74 Å². The summed E-state index contributed by atoms with van der Waals surface area (Å²) in [4.78, 5) is 69.9. The normalized spacial score (nSPS) is 29.3. The first kappa shape index (κ1) is 35.5. The molecular weight excluding hydrogens is 676 g/mol. The van der Waals surface area contributed by atoms with E-state index in [1.807, 2.05) is 30.4 Å². The number of allylic oxidation sites excluding steroid dienone is 1. The van der Waals surface area contributed by atoms with Crippen LogP contribution in [0.5, 0.6) is 0 Å². The standard InChI is InChI=1S/C34H41F2N5O8S/c1-2-22-16-34(22,32(45)39-50(47,48)24-12-13-24)38-30(43)27-14-23-18-41(27)31(44)26(15-28(35)36)37-29(42)11-6-4-3-5-8-20-9-7-10-21-17-40(19-25(20)21)33(46)49-23/h2,5,7-10,22-24,26-28H,1,3-4,6,11-19H2,(H,37,42)(H,38,43)(H,39,45)/b8-5+/t22-,23+,26-,27-,34+/m0/s1. The van der Waals surface area contributed by atoms with E-state index in [0.717, 1.165) is 21.6 Å². The number of hydrogen-bond acceptors (Lipinski definition) is 8. The Labute approximate surface area is 288 Å². The molecule has 1 aromatic carbocycles. The lowest BCUT2D eigenvalue weighted by atomic mass is 10.0. The van der Waals surface area contributed by atoms with Crippen LogP contribution in [0.4, 0.5) is 13.6 Å². The van der Waals surface area contributed by atoms with Gasteiger partial charge in [-0.05, 0) is 55.2 Å². The highest BCUT2D eigenvalue weighted by molar-refractivity contribution is 7.91. The Kier molecular flexibility index (Phi) is 10.0. The molecular formula is C34H41F2N5O8S. The fraction of sp³-hybridized carbons (Fsp3) is 0.559. The number of carbonyl (C=O) groups is 5. The Morgan fingerprint density at radius 1 is 1.16 bits per heavy atom. The van der Waals surface area contributed by atoms with Crippen LogP contribution in [0.1, 0.15) is 74.5 Å². The number of hydrogen-bond donors (Lipinski definition) is 3. The average Bonchev–Trinajstić information content (AvgIpc) is 3.95. The fourth-order valence-electron chi connectivity index (χ4n) is 6.97. The van der Waals surface area contributed by atoms with Crippen molar-refractivity contribution >= 4 is 45.8 Å². The summed E-state index contributed by atoms with van der Waals surface area (Å²) in [7, 11) is -3.96. The van der Waals surface area contributed by atoms with Gasteiger partial charge >= 0.3 is 6.09 Å². The molecule has 16 heteroatoms. The number of carbonyl (C=O) groups excluding carboxylic acids is 5. The highest BCUT2D eigenvalue weighted by Crippen LogP contribution is 2.45. The summed E-state index contributed by atoms with van der Waals surface area (Å²) in [6, 6.07) is 2.68. The molecule has 270 valence electrons. The van der Waals surface area contributed by atoms with Gasteiger partial charge < -0.3 is 20.3 Å². The highest BCUT2D eigenvalue weighted by Gasteiger charge is 2.62. The van der Waals surface area contributed by atoms with Gasteiger partial charge in [0.05, 0.1) is 18.3 Å². The van der Waals surface area contributed by atoms with Gasteiger partial charge in [-0.15, -0.1) is 6.58 Å². The smallest absolute Gasteiger partial charge is 0.410 e. The number of nitrogens with one attached hydrogen (secondary N) is 3. The molecule has 0 spiro atoms. The maximum Gasteiger partial charge on any atom is 0.410 e. The third-order valence-corrected chi connectivity index (χ3v) is 11.8. The second kappa shape index (κ2) is 14.1. The quantitative estimate of drug-likeness (QED) is 0.345. The number of alkyl halides is 2. The molecule has 3 heterocycles. The second-order valence-corrected chi connectivity index (χ2v) is 15.6. The van der Waals surface area contributed by atoms with E-state index in [1.165, 1.54) is 11.0 Å². The number of halogens is 2. The third kappa shape index (κ3) is 7.54. The van der Waals surface area contributed by atoms with E-state index in [-0.39, 0.29) is 38.9 Å². The molecule has 50 heavy (non-hydrogen) atoms. The van der Waals surface area contributed by atoms with Gasteiger partial charge in [0, 0.05) is 31.7 Å². The zero-order chi connectivity index (χ0) is 35.8. The molecule has 0 radical (unpaired) electrons. The van der Waals surface area contributed by atoms with Gasteiger partial charge in [-0.3, -0.25) is 28.8 Å². The molecule has 5 atom stereocenters. The largest absolute Gasteiger partial charge is 0.444 e. The minimum atomic E-state index is -3.96. The molecule has 13 nitrogen and oxygen atoms in total. The number of nitrogens with zero attached hydrogens (tertiary/aromatic N) is 2. The number of fused-ring (bicyclic) bond motifs is 3. The van der Waals surface area contributed by atoms with Gasteiger partial charge in [-0.1, -0.05) is 36.4 Å². The lowest BCUT2D eigenvalue weighted by Gasteiger charge is -2.29. The Morgan fingerprint density at radius 2 is 1.94 bits per heavy atom. The van der Waals surface area contributed by atoms with Crippen LogP contribution in [0.2, 0.25) is 0 Å². The monoisotopic (exact) mass is 717 g/mol. The number of sulfonamides is 1. The summed E-state index contributed by atoms with van der Waals surface area (Å²) in [6.45, 7) is 3.89. The maximum atomic E-state index is 14.0. The molecule has 0 aromatic heterocycles. The minimum absolute atomic E-state index is 0.00888. The Hall–Kier alpha value is -4.34. The number of ether oxygens (including phenoxy) is 1. The van der Waals surface area contributed by atoms with Crippen molar-refractivity contribution in [2.75, 3.05) is 6.54 Å². The summed E-state index contributed by atoms with van der Waals surface area (Å²) in [5.41, 5.74) is 1.18. The van der Waals surface area contributed by atoms with Gasteiger partial charge in [-0.25, -0.2) is 22.0 Å². The van der Waals surface area contributed by atoms with Crippen molar-refractivity contribution in [1.82, 2.24) is 25.2 Å². The van der Waals surface area contributed by atoms with Crippen molar-refractivity contribution in [3.05, 3.63) is 53.6 Å². The molecule has 2 saturated carbocycles. The molecule has 4 bridgehead atoms. The molecule has 3 aliphatic heterocycles. The second-order valence-electron chi connectivity index (χ2n) is 13.7. The summed E-state index contributed by atoms with van der Waals surface area (Å²) in [5.74, 6) is -4.00. The first-order chi connectivity index (χ1) is 23.8. The lowest BCUT2D eigenvalue weighted by molar-refractivity contribution is -0.143. The summed E-state index contributed by atoms with van der Waals surface area (Å²) in [6.07, 6.45) is 1.96. The molecule has 1 aromatic rings. The topological polar surface area (TPSA) is 171 Å². The van der Waals surface area contributed by atoms with Crippen LogP contribution < -0.4 is 15.4 Å². The van der Waals surface area contributed by atoms with Crippen LogP contribution >= 0.6 is 0 Å².